The van der Waals surface area contributed by atoms with Crippen molar-refractivity contribution in [3.63, 3.8) is 0 Å². The van der Waals surface area contributed by atoms with E-state index in [-0.39, 0.29) is 0 Å². The standard InChI is InChI=1S/C21H21N5O2/c1-14-9-10-17(27-14)18-16(13-26(24-18)15-7-3-2-4-8-15)19-23-20(25-28-19)21(22)11-5-6-12-21/h2-4,7-10,13H,5-6,11-12,22H2,1H3. The van der Waals surface area contributed by atoms with Gasteiger partial charge in [0.2, 0.25) is 0 Å². The van der Waals surface area contributed by atoms with Crippen LogP contribution in [0.15, 0.2) is 57.6 Å². The van der Waals surface area contributed by atoms with Gasteiger partial charge in [0.05, 0.1) is 16.8 Å². The van der Waals surface area contributed by atoms with Crippen molar-refractivity contribution in [2.75, 3.05) is 0 Å². The first-order chi connectivity index (χ1) is 13.6. The summed E-state index contributed by atoms with van der Waals surface area (Å²) in [5, 5.41) is 8.92. The lowest BCUT2D eigenvalue weighted by molar-refractivity contribution is 0.372. The van der Waals surface area contributed by atoms with Crippen molar-refractivity contribution in [2.24, 2.45) is 5.73 Å². The van der Waals surface area contributed by atoms with Crippen LogP contribution in [-0.4, -0.2) is 19.9 Å². The minimum absolute atomic E-state index is 0.401. The largest absolute Gasteiger partial charge is 0.460 e. The van der Waals surface area contributed by atoms with Gasteiger partial charge in [-0.25, -0.2) is 4.68 Å². The van der Waals surface area contributed by atoms with Crippen LogP contribution in [0.1, 0.15) is 37.3 Å². The van der Waals surface area contributed by atoms with Crippen molar-refractivity contribution in [3.8, 4) is 28.6 Å². The van der Waals surface area contributed by atoms with Gasteiger partial charge in [0, 0.05) is 6.20 Å². The molecule has 1 aliphatic carbocycles. The second-order valence-electron chi connectivity index (χ2n) is 7.37. The van der Waals surface area contributed by atoms with Crippen LogP contribution in [0.5, 0.6) is 0 Å². The maximum atomic E-state index is 6.50. The number of nitrogens with zero attached hydrogens (tertiary/aromatic N) is 4. The smallest absolute Gasteiger partial charge is 0.261 e. The Kier molecular flexibility index (Phi) is 3.91. The first kappa shape index (κ1) is 16.9. The van der Waals surface area contributed by atoms with E-state index in [4.69, 9.17) is 19.8 Å². The number of furan rings is 1. The van der Waals surface area contributed by atoms with Gasteiger partial charge < -0.3 is 14.7 Å². The van der Waals surface area contributed by atoms with Crippen molar-refractivity contribution in [1.29, 1.82) is 0 Å². The third-order valence-corrected chi connectivity index (χ3v) is 5.31. The van der Waals surface area contributed by atoms with Crippen LogP contribution in [-0.2, 0) is 5.54 Å². The Balaban J connectivity index is 1.62. The van der Waals surface area contributed by atoms with Crippen LogP contribution < -0.4 is 5.73 Å². The van der Waals surface area contributed by atoms with Crippen molar-refractivity contribution in [3.05, 3.63) is 60.2 Å². The molecule has 5 rings (SSSR count). The highest BCUT2D eigenvalue weighted by molar-refractivity contribution is 5.74. The lowest BCUT2D eigenvalue weighted by atomic mass is 9.99. The molecule has 1 saturated carbocycles. The molecule has 3 aromatic heterocycles. The highest BCUT2D eigenvalue weighted by atomic mass is 16.5. The summed E-state index contributed by atoms with van der Waals surface area (Å²) in [4.78, 5) is 4.64. The summed E-state index contributed by atoms with van der Waals surface area (Å²) in [7, 11) is 0. The normalized spacial score (nSPS) is 15.9. The number of hydrogen-bond acceptors (Lipinski definition) is 6. The van der Waals surface area contributed by atoms with E-state index in [1.807, 2.05) is 55.6 Å². The number of rotatable bonds is 4. The molecule has 3 heterocycles. The minimum atomic E-state index is -0.501. The lowest BCUT2D eigenvalue weighted by Gasteiger charge is -2.17. The maximum absolute atomic E-state index is 6.50. The van der Waals surface area contributed by atoms with Crippen LogP contribution in [0.2, 0.25) is 0 Å². The zero-order chi connectivity index (χ0) is 19.1. The summed E-state index contributed by atoms with van der Waals surface area (Å²) in [6.45, 7) is 1.90. The Labute approximate surface area is 162 Å². The summed E-state index contributed by atoms with van der Waals surface area (Å²) >= 11 is 0. The number of nitrogens with two attached hydrogens (primary N) is 1. The monoisotopic (exact) mass is 375 g/mol. The molecule has 7 heteroatoms. The van der Waals surface area contributed by atoms with Crippen LogP contribution in [0.3, 0.4) is 0 Å². The van der Waals surface area contributed by atoms with Gasteiger partial charge in [-0.05, 0) is 44.0 Å². The zero-order valence-electron chi connectivity index (χ0n) is 15.6. The van der Waals surface area contributed by atoms with E-state index in [2.05, 4.69) is 10.1 Å². The number of hydrogen-bond donors (Lipinski definition) is 1. The fourth-order valence-corrected chi connectivity index (χ4v) is 3.75. The van der Waals surface area contributed by atoms with Gasteiger partial charge in [0.1, 0.15) is 11.5 Å². The molecule has 0 atom stereocenters. The van der Waals surface area contributed by atoms with Crippen molar-refractivity contribution in [1.82, 2.24) is 19.9 Å². The fourth-order valence-electron chi connectivity index (χ4n) is 3.75. The third-order valence-electron chi connectivity index (χ3n) is 5.31. The van der Waals surface area contributed by atoms with Crippen molar-refractivity contribution in [2.45, 2.75) is 38.1 Å². The first-order valence-electron chi connectivity index (χ1n) is 9.48. The van der Waals surface area contributed by atoms with Gasteiger partial charge in [-0.15, -0.1) is 0 Å². The van der Waals surface area contributed by atoms with E-state index in [1.165, 1.54) is 0 Å². The van der Waals surface area contributed by atoms with E-state index in [0.717, 1.165) is 42.7 Å². The van der Waals surface area contributed by atoms with E-state index in [1.54, 1.807) is 4.68 Å². The Morgan fingerprint density at radius 1 is 1.07 bits per heavy atom. The van der Waals surface area contributed by atoms with Gasteiger partial charge in [0.25, 0.3) is 5.89 Å². The molecule has 1 aliphatic rings. The fraction of sp³-hybridized carbons (Fsp3) is 0.286. The van der Waals surface area contributed by atoms with Crippen LogP contribution in [0.25, 0.3) is 28.6 Å². The Morgan fingerprint density at radius 2 is 1.86 bits per heavy atom. The molecule has 4 aromatic rings. The molecule has 0 spiro atoms. The van der Waals surface area contributed by atoms with Gasteiger partial charge in [0.15, 0.2) is 11.6 Å². The van der Waals surface area contributed by atoms with Gasteiger partial charge >= 0.3 is 0 Å². The van der Waals surface area contributed by atoms with Gasteiger partial charge in [-0.2, -0.15) is 10.1 Å². The maximum Gasteiger partial charge on any atom is 0.261 e. The molecule has 1 aromatic carbocycles. The molecular weight excluding hydrogens is 354 g/mol. The number of para-hydroxylation sites is 1. The molecule has 142 valence electrons. The molecule has 0 bridgehead atoms. The molecule has 0 amide bonds. The SMILES string of the molecule is Cc1ccc(-c2nn(-c3ccccc3)cc2-c2nc(C3(N)CCCC3)no2)o1. The molecule has 2 N–H and O–H groups in total. The average molecular weight is 375 g/mol. The predicted octanol–water partition coefficient (Wildman–Crippen LogP) is 4.22. The molecule has 0 radical (unpaired) electrons. The van der Waals surface area contributed by atoms with E-state index < -0.39 is 5.54 Å². The Morgan fingerprint density at radius 3 is 2.57 bits per heavy atom. The zero-order valence-corrected chi connectivity index (χ0v) is 15.6. The summed E-state index contributed by atoms with van der Waals surface area (Å²) in [5.41, 5.74) is 8.31. The second kappa shape index (κ2) is 6.45. The topological polar surface area (TPSA) is 95.9 Å². The van der Waals surface area contributed by atoms with Gasteiger partial charge in [-0.3, -0.25) is 0 Å². The third kappa shape index (κ3) is 2.84. The molecule has 0 saturated heterocycles. The summed E-state index contributed by atoms with van der Waals surface area (Å²) in [5.74, 6) is 2.44. The Hall–Kier alpha value is -3.19. The second-order valence-corrected chi connectivity index (χ2v) is 7.37. The Bertz CT molecular complexity index is 1100. The lowest BCUT2D eigenvalue weighted by Crippen LogP contribution is -2.34. The highest BCUT2D eigenvalue weighted by Crippen LogP contribution is 2.37. The minimum Gasteiger partial charge on any atom is -0.460 e. The molecular formula is C21H21N5O2. The quantitative estimate of drug-likeness (QED) is 0.574. The summed E-state index contributed by atoms with van der Waals surface area (Å²) in [6.07, 6.45) is 5.81. The van der Waals surface area contributed by atoms with Gasteiger partial charge in [-0.1, -0.05) is 36.2 Å². The van der Waals surface area contributed by atoms with E-state index in [0.29, 0.717) is 23.2 Å². The van der Waals surface area contributed by atoms with Crippen LogP contribution in [0.4, 0.5) is 0 Å². The number of benzene rings is 1. The van der Waals surface area contributed by atoms with E-state index in [9.17, 15) is 0 Å². The van der Waals surface area contributed by atoms with Crippen LogP contribution >= 0.6 is 0 Å². The molecule has 7 nitrogen and oxygen atoms in total. The molecule has 1 fully saturated rings. The highest BCUT2D eigenvalue weighted by Gasteiger charge is 2.36. The average Bonchev–Trinajstić information content (AvgIpc) is 3.48. The summed E-state index contributed by atoms with van der Waals surface area (Å²) in [6, 6.07) is 13.7. The predicted molar refractivity (Wildman–Crippen MR) is 104 cm³/mol. The molecule has 28 heavy (non-hydrogen) atoms. The first-order valence-corrected chi connectivity index (χ1v) is 9.48. The summed E-state index contributed by atoms with van der Waals surface area (Å²) < 4.78 is 13.2. The molecule has 0 aliphatic heterocycles. The van der Waals surface area contributed by atoms with Crippen molar-refractivity contribution >= 4 is 0 Å². The van der Waals surface area contributed by atoms with Crippen LogP contribution in [0, 0.1) is 6.92 Å². The number of aromatic nitrogens is 4. The molecule has 0 unspecified atom stereocenters. The number of aryl methyl sites for hydroxylation is 1. The van der Waals surface area contributed by atoms with E-state index >= 15 is 0 Å². The van der Waals surface area contributed by atoms with Crippen molar-refractivity contribution < 1.29 is 8.94 Å².